The van der Waals surface area contributed by atoms with Gasteiger partial charge in [0, 0.05) is 42.5 Å². The number of thiophene rings is 1. The Morgan fingerprint density at radius 3 is 2.96 bits per heavy atom. The van der Waals surface area contributed by atoms with E-state index in [1.807, 2.05) is 34.5 Å². The fourth-order valence-corrected chi connectivity index (χ4v) is 2.69. The zero-order valence-corrected chi connectivity index (χ0v) is 13.4. The summed E-state index contributed by atoms with van der Waals surface area (Å²) in [4.78, 5) is 24.4. The molecule has 1 amide bonds. The number of nitrogens with one attached hydrogen (secondary N) is 2. The Balaban J connectivity index is 1.53. The fourth-order valence-electron chi connectivity index (χ4n) is 2.06. The van der Waals surface area contributed by atoms with Crippen LogP contribution in [0.4, 0.5) is 5.82 Å². The maximum atomic E-state index is 11.8. The monoisotopic (exact) mass is 328 g/mol. The van der Waals surface area contributed by atoms with Crippen molar-refractivity contribution in [3.05, 3.63) is 53.0 Å². The van der Waals surface area contributed by atoms with Crippen LogP contribution in [0.5, 0.6) is 0 Å². The Kier molecular flexibility index (Phi) is 4.62. The van der Waals surface area contributed by atoms with Crippen molar-refractivity contribution in [2.24, 2.45) is 0 Å². The van der Waals surface area contributed by atoms with Gasteiger partial charge in [0.2, 0.25) is 0 Å². The van der Waals surface area contributed by atoms with E-state index in [9.17, 15) is 4.79 Å². The van der Waals surface area contributed by atoms with Crippen LogP contribution in [0, 0.1) is 6.92 Å². The van der Waals surface area contributed by atoms with Crippen molar-refractivity contribution in [1.82, 2.24) is 24.8 Å². The average molecular weight is 328 g/mol. The van der Waals surface area contributed by atoms with Crippen molar-refractivity contribution in [2.75, 3.05) is 18.4 Å². The second kappa shape index (κ2) is 7.01. The van der Waals surface area contributed by atoms with Crippen molar-refractivity contribution < 1.29 is 4.79 Å². The number of hydrogen-bond acceptors (Lipinski definition) is 6. The fraction of sp³-hybridized carbons (Fsp3) is 0.200. The maximum Gasteiger partial charge on any atom is 0.252 e. The molecule has 0 fully saturated rings. The molecule has 0 atom stereocenters. The van der Waals surface area contributed by atoms with E-state index in [4.69, 9.17) is 0 Å². The Labute approximate surface area is 137 Å². The molecule has 0 bridgehead atoms. The highest BCUT2D eigenvalue weighted by atomic mass is 32.1. The molecule has 3 aromatic heterocycles. The summed E-state index contributed by atoms with van der Waals surface area (Å²) < 4.78 is 1.88. The van der Waals surface area contributed by atoms with E-state index in [-0.39, 0.29) is 5.91 Å². The molecule has 0 unspecified atom stereocenters. The van der Waals surface area contributed by atoms with Crippen LogP contribution in [0.25, 0.3) is 5.82 Å². The molecule has 0 saturated carbocycles. The van der Waals surface area contributed by atoms with E-state index in [0.29, 0.717) is 24.5 Å². The van der Waals surface area contributed by atoms with Gasteiger partial charge in [0.1, 0.15) is 23.8 Å². The Morgan fingerprint density at radius 1 is 1.30 bits per heavy atom. The minimum absolute atomic E-state index is 0.0644. The van der Waals surface area contributed by atoms with Crippen molar-refractivity contribution in [1.29, 1.82) is 0 Å². The minimum atomic E-state index is -0.0644. The van der Waals surface area contributed by atoms with Gasteiger partial charge in [0.15, 0.2) is 0 Å². The molecule has 3 heterocycles. The second-order valence-electron chi connectivity index (χ2n) is 4.80. The standard InChI is InChI=1S/C15H16N6OS/c1-11-16-5-6-21(11)14-8-13(19-10-20-14)17-3-4-18-15(22)12-2-7-23-9-12/h2,5-10H,3-4H2,1H3,(H,18,22)(H,17,19,20). The predicted molar refractivity (Wildman–Crippen MR) is 89.0 cm³/mol. The average Bonchev–Trinajstić information content (AvgIpc) is 3.23. The molecule has 0 aliphatic heterocycles. The first-order valence-corrected chi connectivity index (χ1v) is 8.05. The summed E-state index contributed by atoms with van der Waals surface area (Å²) in [7, 11) is 0. The first-order valence-electron chi connectivity index (χ1n) is 7.10. The van der Waals surface area contributed by atoms with Gasteiger partial charge in [-0.05, 0) is 18.4 Å². The van der Waals surface area contributed by atoms with E-state index in [1.54, 1.807) is 12.3 Å². The highest BCUT2D eigenvalue weighted by molar-refractivity contribution is 7.08. The molecule has 0 radical (unpaired) electrons. The Morgan fingerprint density at radius 2 is 2.22 bits per heavy atom. The summed E-state index contributed by atoms with van der Waals surface area (Å²) in [5.74, 6) is 2.25. The van der Waals surface area contributed by atoms with E-state index in [1.165, 1.54) is 17.7 Å². The highest BCUT2D eigenvalue weighted by Gasteiger charge is 2.05. The molecule has 3 aromatic rings. The van der Waals surface area contributed by atoms with Gasteiger partial charge in [-0.15, -0.1) is 0 Å². The molecular weight excluding hydrogens is 312 g/mol. The molecule has 3 rings (SSSR count). The lowest BCUT2D eigenvalue weighted by Crippen LogP contribution is -2.28. The largest absolute Gasteiger partial charge is 0.368 e. The van der Waals surface area contributed by atoms with Gasteiger partial charge in [-0.3, -0.25) is 9.36 Å². The topological polar surface area (TPSA) is 84.7 Å². The third kappa shape index (κ3) is 3.72. The molecule has 8 heteroatoms. The van der Waals surface area contributed by atoms with Crippen LogP contribution >= 0.6 is 11.3 Å². The number of carbonyl (C=O) groups excluding carboxylic acids is 1. The number of aromatic nitrogens is 4. The molecule has 0 saturated heterocycles. The van der Waals surface area contributed by atoms with Crippen LogP contribution in [-0.4, -0.2) is 38.5 Å². The molecule has 0 aliphatic rings. The minimum Gasteiger partial charge on any atom is -0.368 e. The number of nitrogens with zero attached hydrogens (tertiary/aromatic N) is 4. The summed E-state index contributed by atoms with van der Waals surface area (Å²) in [5, 5.41) is 9.73. The lowest BCUT2D eigenvalue weighted by Gasteiger charge is -2.09. The number of aryl methyl sites for hydroxylation is 1. The third-order valence-electron chi connectivity index (χ3n) is 3.23. The van der Waals surface area contributed by atoms with E-state index in [2.05, 4.69) is 25.6 Å². The van der Waals surface area contributed by atoms with Gasteiger partial charge >= 0.3 is 0 Å². The Hall–Kier alpha value is -2.74. The summed E-state index contributed by atoms with van der Waals surface area (Å²) in [6.07, 6.45) is 5.08. The van der Waals surface area contributed by atoms with Crippen LogP contribution in [0.15, 0.2) is 41.6 Å². The number of rotatable bonds is 6. The van der Waals surface area contributed by atoms with Gasteiger partial charge in [-0.2, -0.15) is 11.3 Å². The summed E-state index contributed by atoms with van der Waals surface area (Å²) in [6.45, 7) is 3.00. The summed E-state index contributed by atoms with van der Waals surface area (Å²) in [5.41, 5.74) is 0.690. The SMILES string of the molecule is Cc1nccn1-c1cc(NCCNC(=O)c2ccsc2)ncn1. The second-order valence-corrected chi connectivity index (χ2v) is 5.58. The predicted octanol–water partition coefficient (Wildman–Crippen LogP) is 1.87. The molecular formula is C15H16N6OS. The van der Waals surface area contributed by atoms with Crippen LogP contribution in [-0.2, 0) is 0 Å². The molecule has 118 valence electrons. The number of anilines is 1. The third-order valence-corrected chi connectivity index (χ3v) is 3.91. The van der Waals surface area contributed by atoms with E-state index < -0.39 is 0 Å². The van der Waals surface area contributed by atoms with Crippen LogP contribution < -0.4 is 10.6 Å². The van der Waals surface area contributed by atoms with Crippen molar-refractivity contribution in [2.45, 2.75) is 6.92 Å². The van der Waals surface area contributed by atoms with Crippen molar-refractivity contribution in [3.8, 4) is 5.82 Å². The quantitative estimate of drug-likeness (QED) is 0.675. The van der Waals surface area contributed by atoms with Gasteiger partial charge < -0.3 is 10.6 Å². The summed E-state index contributed by atoms with van der Waals surface area (Å²) >= 11 is 1.50. The number of carbonyl (C=O) groups is 1. The van der Waals surface area contributed by atoms with Crippen LogP contribution in [0.1, 0.15) is 16.2 Å². The number of amides is 1. The lowest BCUT2D eigenvalue weighted by atomic mass is 10.3. The van der Waals surface area contributed by atoms with E-state index in [0.717, 1.165) is 11.6 Å². The smallest absolute Gasteiger partial charge is 0.252 e. The first-order chi connectivity index (χ1) is 11.2. The zero-order valence-electron chi connectivity index (χ0n) is 12.6. The lowest BCUT2D eigenvalue weighted by molar-refractivity contribution is 0.0955. The highest BCUT2D eigenvalue weighted by Crippen LogP contribution is 2.10. The molecule has 7 nitrogen and oxygen atoms in total. The van der Waals surface area contributed by atoms with Gasteiger partial charge in [-0.1, -0.05) is 0 Å². The number of imidazole rings is 1. The maximum absolute atomic E-state index is 11.8. The number of hydrogen-bond donors (Lipinski definition) is 2. The summed E-state index contributed by atoms with van der Waals surface area (Å²) in [6, 6.07) is 3.65. The van der Waals surface area contributed by atoms with E-state index >= 15 is 0 Å². The Bertz CT molecular complexity index is 783. The first kappa shape index (κ1) is 15.2. The van der Waals surface area contributed by atoms with Crippen molar-refractivity contribution >= 4 is 23.1 Å². The zero-order chi connectivity index (χ0) is 16.1. The van der Waals surface area contributed by atoms with Gasteiger partial charge in [-0.25, -0.2) is 15.0 Å². The molecule has 2 N–H and O–H groups in total. The molecule has 0 aliphatic carbocycles. The molecule has 0 aromatic carbocycles. The molecule has 23 heavy (non-hydrogen) atoms. The normalized spacial score (nSPS) is 10.5. The van der Waals surface area contributed by atoms with Gasteiger partial charge in [0.25, 0.3) is 5.91 Å². The van der Waals surface area contributed by atoms with Crippen molar-refractivity contribution in [3.63, 3.8) is 0 Å². The molecule has 0 spiro atoms. The van der Waals surface area contributed by atoms with Crippen LogP contribution in [0.3, 0.4) is 0 Å². The van der Waals surface area contributed by atoms with Crippen LogP contribution in [0.2, 0.25) is 0 Å². The van der Waals surface area contributed by atoms with Gasteiger partial charge in [0.05, 0.1) is 0 Å².